The smallest absolute Gasteiger partial charge is 0.308 e. The fraction of sp³-hybridized carbons (Fsp3) is 0.321. The Morgan fingerprint density at radius 3 is 2.35 bits per heavy atom. The topological polar surface area (TPSA) is 66.8 Å². The summed E-state index contributed by atoms with van der Waals surface area (Å²) >= 11 is 1.69. The van der Waals surface area contributed by atoms with Crippen LogP contribution in [0.4, 0.5) is 4.39 Å². The minimum atomic E-state index is -0.998. The number of carbonyl (C=O) groups is 1. The molecule has 0 radical (unpaired) electrons. The molecule has 2 aromatic carbocycles. The first-order chi connectivity index (χ1) is 16.3. The van der Waals surface area contributed by atoms with Crippen LogP contribution in [-0.4, -0.2) is 35.0 Å². The Labute approximate surface area is 204 Å². The molecule has 0 aliphatic carbocycles. The molecule has 0 saturated carbocycles. The van der Waals surface area contributed by atoms with Gasteiger partial charge in [0.15, 0.2) is 0 Å². The zero-order valence-electron chi connectivity index (χ0n) is 19.7. The minimum Gasteiger partial charge on any atom is -0.466 e. The number of hydrogen-bond acceptors (Lipinski definition) is 5. The predicted octanol–water partition coefficient (Wildman–Crippen LogP) is 6.42. The summed E-state index contributed by atoms with van der Waals surface area (Å²) in [5.74, 6) is -0.558. The van der Waals surface area contributed by atoms with Gasteiger partial charge in [0, 0.05) is 21.7 Å². The first-order valence-corrected chi connectivity index (χ1v) is 12.3. The number of benzene rings is 2. The second kappa shape index (κ2) is 12.1. The van der Waals surface area contributed by atoms with Gasteiger partial charge in [-0.25, -0.2) is 4.39 Å². The number of halogens is 1. The number of ether oxygens (including phenoxy) is 1. The highest BCUT2D eigenvalue weighted by atomic mass is 32.1. The second-order valence-corrected chi connectivity index (χ2v) is 9.49. The highest BCUT2D eigenvalue weighted by molar-refractivity contribution is 7.16. The Balaban J connectivity index is 1.99. The standard InChI is InChI=1S/C28H31FO4S/c1-4-33-25(32)17-23(31)16-22(30)14-15-24-26(19-10-12-21(29)13-11-19)28(34-27(24)18(2)3)20-8-6-5-7-9-20/h5-15,18,22-23,30-31H,4,16-17H2,1-3H3. The van der Waals surface area contributed by atoms with E-state index in [-0.39, 0.29) is 31.2 Å². The monoisotopic (exact) mass is 482 g/mol. The molecule has 0 aliphatic rings. The molecule has 0 spiro atoms. The molecule has 0 amide bonds. The highest BCUT2D eigenvalue weighted by Gasteiger charge is 2.22. The van der Waals surface area contributed by atoms with Crippen molar-refractivity contribution in [3.8, 4) is 21.6 Å². The lowest BCUT2D eigenvalue weighted by atomic mass is 9.94. The van der Waals surface area contributed by atoms with Crippen LogP contribution in [0.2, 0.25) is 0 Å². The molecule has 3 aromatic rings. The molecule has 1 aromatic heterocycles. The first kappa shape index (κ1) is 25.8. The van der Waals surface area contributed by atoms with Crippen LogP contribution in [0, 0.1) is 5.82 Å². The van der Waals surface area contributed by atoms with Crippen LogP contribution < -0.4 is 0 Å². The van der Waals surface area contributed by atoms with Gasteiger partial charge in [-0.15, -0.1) is 11.3 Å². The summed E-state index contributed by atoms with van der Waals surface area (Å²) in [5, 5.41) is 20.7. The van der Waals surface area contributed by atoms with E-state index in [1.807, 2.05) is 24.3 Å². The third-order valence-electron chi connectivity index (χ3n) is 5.37. The van der Waals surface area contributed by atoms with Crippen LogP contribution in [0.15, 0.2) is 60.7 Å². The molecule has 1 heterocycles. The summed E-state index contributed by atoms with van der Waals surface area (Å²) in [6, 6.07) is 16.5. The van der Waals surface area contributed by atoms with E-state index >= 15 is 0 Å². The van der Waals surface area contributed by atoms with Gasteiger partial charge in [-0.1, -0.05) is 68.5 Å². The Kier molecular flexibility index (Phi) is 9.16. The number of aliphatic hydroxyl groups is 2. The number of thiophene rings is 1. The fourth-order valence-corrected chi connectivity index (χ4v) is 5.13. The molecule has 0 fully saturated rings. The highest BCUT2D eigenvalue weighted by Crippen LogP contribution is 2.46. The molecule has 34 heavy (non-hydrogen) atoms. The van der Waals surface area contributed by atoms with E-state index in [4.69, 9.17) is 4.74 Å². The Morgan fingerprint density at radius 1 is 1.06 bits per heavy atom. The summed E-state index contributed by atoms with van der Waals surface area (Å²) in [7, 11) is 0. The third-order valence-corrected chi connectivity index (χ3v) is 6.93. The summed E-state index contributed by atoms with van der Waals surface area (Å²) < 4.78 is 18.5. The van der Waals surface area contributed by atoms with Crippen molar-refractivity contribution in [3.63, 3.8) is 0 Å². The van der Waals surface area contributed by atoms with E-state index < -0.39 is 18.2 Å². The number of rotatable bonds is 10. The van der Waals surface area contributed by atoms with Gasteiger partial charge in [-0.05, 0) is 41.7 Å². The van der Waals surface area contributed by atoms with E-state index in [9.17, 15) is 19.4 Å². The molecule has 180 valence electrons. The number of hydrogen-bond donors (Lipinski definition) is 2. The molecule has 0 saturated heterocycles. The van der Waals surface area contributed by atoms with Crippen molar-refractivity contribution in [1.82, 2.24) is 0 Å². The number of esters is 1. The van der Waals surface area contributed by atoms with Crippen LogP contribution in [0.5, 0.6) is 0 Å². The van der Waals surface area contributed by atoms with Gasteiger partial charge in [-0.3, -0.25) is 4.79 Å². The summed E-state index contributed by atoms with van der Waals surface area (Å²) in [6.07, 6.45) is 1.44. The van der Waals surface area contributed by atoms with Crippen molar-refractivity contribution in [3.05, 3.63) is 76.9 Å². The largest absolute Gasteiger partial charge is 0.466 e. The lowest BCUT2D eigenvalue weighted by Crippen LogP contribution is -2.20. The van der Waals surface area contributed by atoms with E-state index in [1.54, 1.807) is 36.5 Å². The van der Waals surface area contributed by atoms with Crippen LogP contribution in [-0.2, 0) is 9.53 Å². The fourth-order valence-electron chi connectivity index (χ4n) is 3.81. The van der Waals surface area contributed by atoms with Gasteiger partial charge in [-0.2, -0.15) is 0 Å². The molecule has 2 N–H and O–H groups in total. The van der Waals surface area contributed by atoms with E-state index in [2.05, 4.69) is 26.0 Å². The Bertz CT molecular complexity index is 1100. The van der Waals surface area contributed by atoms with Crippen LogP contribution in [0.1, 0.15) is 50.0 Å². The summed E-state index contributed by atoms with van der Waals surface area (Å²) in [5.41, 5.74) is 3.90. The van der Waals surface area contributed by atoms with Gasteiger partial charge in [0.1, 0.15) is 5.82 Å². The molecular weight excluding hydrogens is 451 g/mol. The zero-order valence-corrected chi connectivity index (χ0v) is 20.5. The molecule has 0 aliphatic heterocycles. The molecular formula is C28H31FO4S. The molecule has 6 heteroatoms. The van der Waals surface area contributed by atoms with Crippen molar-refractivity contribution in [1.29, 1.82) is 0 Å². The van der Waals surface area contributed by atoms with Gasteiger partial charge >= 0.3 is 5.97 Å². The van der Waals surface area contributed by atoms with Crippen molar-refractivity contribution >= 4 is 23.4 Å². The lowest BCUT2D eigenvalue weighted by molar-refractivity contribution is -0.145. The zero-order chi connectivity index (χ0) is 24.7. The number of carbonyl (C=O) groups excluding carboxylic acids is 1. The van der Waals surface area contributed by atoms with Gasteiger partial charge in [0.2, 0.25) is 0 Å². The van der Waals surface area contributed by atoms with Crippen molar-refractivity contribution in [2.24, 2.45) is 0 Å². The maximum absolute atomic E-state index is 13.7. The molecule has 4 nitrogen and oxygen atoms in total. The van der Waals surface area contributed by atoms with Gasteiger partial charge < -0.3 is 14.9 Å². The number of aliphatic hydroxyl groups excluding tert-OH is 2. The normalized spacial score (nSPS) is 13.4. The quantitative estimate of drug-likeness (QED) is 0.327. The molecule has 3 rings (SSSR count). The average Bonchev–Trinajstić information content (AvgIpc) is 3.18. The van der Waals surface area contributed by atoms with Gasteiger partial charge in [0.25, 0.3) is 0 Å². The summed E-state index contributed by atoms with van der Waals surface area (Å²) in [6.45, 7) is 6.19. The maximum atomic E-state index is 13.7. The first-order valence-electron chi connectivity index (χ1n) is 11.5. The molecule has 2 unspecified atom stereocenters. The maximum Gasteiger partial charge on any atom is 0.308 e. The Hall–Kier alpha value is -2.80. The van der Waals surface area contributed by atoms with E-state index in [1.165, 1.54) is 12.1 Å². The van der Waals surface area contributed by atoms with Crippen molar-refractivity contribution in [2.75, 3.05) is 6.61 Å². The van der Waals surface area contributed by atoms with E-state index in [0.29, 0.717) is 0 Å². The second-order valence-electron chi connectivity index (χ2n) is 8.44. The van der Waals surface area contributed by atoms with Crippen molar-refractivity contribution in [2.45, 2.75) is 51.7 Å². The SMILES string of the molecule is CCOC(=O)CC(O)CC(O)C=Cc1c(C(C)C)sc(-c2ccccc2)c1-c1ccc(F)cc1. The van der Waals surface area contributed by atoms with Crippen molar-refractivity contribution < 1.29 is 24.1 Å². The van der Waals surface area contributed by atoms with Crippen LogP contribution in [0.25, 0.3) is 27.6 Å². The van der Waals surface area contributed by atoms with Crippen LogP contribution in [0.3, 0.4) is 0 Å². The third kappa shape index (κ3) is 6.63. The average molecular weight is 483 g/mol. The summed E-state index contributed by atoms with van der Waals surface area (Å²) in [4.78, 5) is 13.8. The van der Waals surface area contributed by atoms with Gasteiger partial charge in [0.05, 0.1) is 25.2 Å². The molecule has 2 atom stereocenters. The Morgan fingerprint density at radius 2 is 1.74 bits per heavy atom. The predicted molar refractivity (Wildman–Crippen MR) is 136 cm³/mol. The minimum absolute atomic E-state index is 0.0217. The van der Waals surface area contributed by atoms with Crippen LogP contribution >= 0.6 is 11.3 Å². The van der Waals surface area contributed by atoms with E-state index in [0.717, 1.165) is 32.0 Å². The lowest BCUT2D eigenvalue weighted by Gasteiger charge is -2.13. The molecule has 0 bridgehead atoms.